The Hall–Kier alpha value is -2.24. The summed E-state index contributed by atoms with van der Waals surface area (Å²) in [6.07, 6.45) is 2.35. The zero-order chi connectivity index (χ0) is 17.4. The molecule has 0 saturated heterocycles. The first-order valence-electron chi connectivity index (χ1n) is 7.90. The van der Waals surface area contributed by atoms with Crippen LogP contribution < -0.4 is 10.1 Å². The minimum atomic E-state index is -0.0179. The molecule has 0 amide bonds. The summed E-state index contributed by atoms with van der Waals surface area (Å²) in [6, 6.07) is 13.7. The van der Waals surface area contributed by atoms with Crippen molar-refractivity contribution in [3.05, 3.63) is 70.0 Å². The highest BCUT2D eigenvalue weighted by Crippen LogP contribution is 2.40. The number of anilines is 1. The molecule has 1 N–H and O–H groups in total. The molecule has 2 aromatic carbocycles. The molecule has 0 saturated carbocycles. The fourth-order valence-corrected chi connectivity index (χ4v) is 3.74. The zero-order valence-electron chi connectivity index (χ0n) is 13.5. The number of fused-ring (bicyclic) bond motifs is 1. The van der Waals surface area contributed by atoms with Crippen molar-refractivity contribution in [3.63, 3.8) is 0 Å². The number of rotatable bonds is 3. The largest absolute Gasteiger partial charge is 0.497 e. The van der Waals surface area contributed by atoms with Gasteiger partial charge in [0.15, 0.2) is 0 Å². The van der Waals surface area contributed by atoms with E-state index in [4.69, 9.17) is 27.9 Å². The highest BCUT2D eigenvalue weighted by atomic mass is 35.5. The van der Waals surface area contributed by atoms with E-state index in [0.717, 1.165) is 29.2 Å². The van der Waals surface area contributed by atoms with Gasteiger partial charge in [-0.1, -0.05) is 41.4 Å². The molecule has 0 unspecified atom stereocenters. The Labute approximate surface area is 155 Å². The number of halogens is 2. The van der Waals surface area contributed by atoms with Gasteiger partial charge in [-0.25, -0.2) is 4.68 Å². The van der Waals surface area contributed by atoms with Gasteiger partial charge in [-0.3, -0.25) is 0 Å². The summed E-state index contributed by atoms with van der Waals surface area (Å²) in [7, 11) is 1.66. The van der Waals surface area contributed by atoms with Crippen LogP contribution in [-0.4, -0.2) is 21.9 Å². The summed E-state index contributed by atoms with van der Waals surface area (Å²) in [5, 5.41) is 9.06. The molecule has 0 spiro atoms. The minimum absolute atomic E-state index is 0.0179. The maximum absolute atomic E-state index is 6.45. The second-order valence-electron chi connectivity index (χ2n) is 5.92. The van der Waals surface area contributed by atoms with E-state index in [0.29, 0.717) is 10.0 Å². The smallest absolute Gasteiger partial charge is 0.222 e. The number of hydrogen-bond donors (Lipinski definition) is 1. The van der Waals surface area contributed by atoms with Crippen molar-refractivity contribution in [3.8, 4) is 5.75 Å². The van der Waals surface area contributed by atoms with Gasteiger partial charge >= 0.3 is 0 Å². The Morgan fingerprint density at radius 2 is 1.96 bits per heavy atom. The predicted molar refractivity (Wildman–Crippen MR) is 98.6 cm³/mol. The van der Waals surface area contributed by atoms with Gasteiger partial charge in [0.2, 0.25) is 5.95 Å². The highest BCUT2D eigenvalue weighted by Gasteiger charge is 2.31. The average Bonchev–Trinajstić information content (AvgIpc) is 3.10. The summed E-state index contributed by atoms with van der Waals surface area (Å²) in [4.78, 5) is 4.34. The summed E-state index contributed by atoms with van der Waals surface area (Å²) in [5.41, 5.74) is 2.14. The summed E-state index contributed by atoms with van der Waals surface area (Å²) < 4.78 is 7.11. The van der Waals surface area contributed by atoms with Crippen LogP contribution in [0.2, 0.25) is 10.0 Å². The highest BCUT2D eigenvalue weighted by molar-refractivity contribution is 6.35. The number of methoxy groups -OCH3 is 1. The molecular weight excluding hydrogens is 359 g/mol. The van der Waals surface area contributed by atoms with E-state index < -0.39 is 0 Å². The van der Waals surface area contributed by atoms with Gasteiger partial charge in [0, 0.05) is 10.0 Å². The zero-order valence-corrected chi connectivity index (χ0v) is 15.0. The Morgan fingerprint density at radius 3 is 2.68 bits per heavy atom. The van der Waals surface area contributed by atoms with E-state index in [-0.39, 0.29) is 12.1 Å². The van der Waals surface area contributed by atoms with Crippen molar-refractivity contribution >= 4 is 29.2 Å². The average molecular weight is 375 g/mol. The minimum Gasteiger partial charge on any atom is -0.497 e. The van der Waals surface area contributed by atoms with Crippen LogP contribution in [0.3, 0.4) is 0 Å². The lowest BCUT2D eigenvalue weighted by Gasteiger charge is -2.32. The number of aromatic nitrogens is 3. The lowest BCUT2D eigenvalue weighted by molar-refractivity contribution is 0.413. The molecule has 1 aliphatic rings. The van der Waals surface area contributed by atoms with E-state index in [1.165, 1.54) is 0 Å². The quantitative estimate of drug-likeness (QED) is 0.719. The van der Waals surface area contributed by atoms with Crippen molar-refractivity contribution in [2.75, 3.05) is 12.4 Å². The monoisotopic (exact) mass is 374 g/mol. The Morgan fingerprint density at radius 1 is 1.16 bits per heavy atom. The molecule has 1 aromatic heterocycles. The van der Waals surface area contributed by atoms with Crippen LogP contribution in [0, 0.1) is 0 Å². The first-order valence-corrected chi connectivity index (χ1v) is 8.66. The van der Waals surface area contributed by atoms with Gasteiger partial charge in [-0.2, -0.15) is 10.1 Å². The summed E-state index contributed by atoms with van der Waals surface area (Å²) >= 11 is 12.5. The molecule has 25 heavy (non-hydrogen) atoms. The molecule has 2 atom stereocenters. The third-order valence-corrected chi connectivity index (χ3v) is 5.03. The van der Waals surface area contributed by atoms with Gasteiger partial charge in [0.05, 0.1) is 19.2 Å². The van der Waals surface area contributed by atoms with Gasteiger partial charge < -0.3 is 10.1 Å². The molecule has 0 fully saturated rings. The van der Waals surface area contributed by atoms with E-state index in [1.807, 2.05) is 28.9 Å². The van der Waals surface area contributed by atoms with Crippen LogP contribution >= 0.6 is 23.2 Å². The van der Waals surface area contributed by atoms with Crippen LogP contribution in [0.25, 0.3) is 0 Å². The van der Waals surface area contributed by atoms with Gasteiger partial charge in [0.25, 0.3) is 0 Å². The predicted octanol–water partition coefficient (Wildman–Crippen LogP) is 4.74. The fraction of sp³-hybridized carbons (Fsp3) is 0.222. The number of nitrogens with one attached hydrogen (secondary N) is 1. The molecule has 0 radical (unpaired) electrons. The molecule has 2 heterocycles. The molecule has 0 bridgehead atoms. The van der Waals surface area contributed by atoms with E-state index in [9.17, 15) is 0 Å². The van der Waals surface area contributed by atoms with Crippen LogP contribution in [-0.2, 0) is 0 Å². The van der Waals surface area contributed by atoms with E-state index in [2.05, 4.69) is 27.5 Å². The third-order valence-electron chi connectivity index (χ3n) is 4.47. The van der Waals surface area contributed by atoms with Gasteiger partial charge in [0.1, 0.15) is 12.1 Å². The van der Waals surface area contributed by atoms with E-state index in [1.54, 1.807) is 19.5 Å². The lowest BCUT2D eigenvalue weighted by Crippen LogP contribution is -2.28. The van der Waals surface area contributed by atoms with Crippen molar-refractivity contribution in [1.82, 2.24) is 14.8 Å². The number of hydrogen-bond acceptors (Lipinski definition) is 4. The molecule has 5 nitrogen and oxygen atoms in total. The van der Waals surface area contributed by atoms with E-state index >= 15 is 0 Å². The molecule has 4 rings (SSSR count). The SMILES string of the molecule is COc1ccc([C@H]2C[C@@H](c3ccc(Cl)cc3Cl)n3ncnc3N2)cc1. The first kappa shape index (κ1) is 16.2. The maximum atomic E-state index is 6.45. The molecular formula is C18H16Cl2N4O. The second kappa shape index (κ2) is 6.58. The molecule has 3 aromatic rings. The second-order valence-corrected chi connectivity index (χ2v) is 6.76. The van der Waals surface area contributed by atoms with Crippen molar-refractivity contribution in [2.45, 2.75) is 18.5 Å². The van der Waals surface area contributed by atoms with Gasteiger partial charge in [-0.05, 0) is 41.8 Å². The number of nitrogens with zero attached hydrogens (tertiary/aromatic N) is 3. The summed E-state index contributed by atoms with van der Waals surface area (Å²) in [6.45, 7) is 0. The first-order chi connectivity index (χ1) is 12.2. The fourth-order valence-electron chi connectivity index (χ4n) is 3.21. The molecule has 7 heteroatoms. The Bertz CT molecular complexity index is 894. The molecule has 0 aliphatic carbocycles. The summed E-state index contributed by atoms with van der Waals surface area (Å²) in [5.74, 6) is 1.56. The molecule has 128 valence electrons. The number of ether oxygens (including phenoxy) is 1. The van der Waals surface area contributed by atoms with Crippen LogP contribution in [0.4, 0.5) is 5.95 Å². The Kier molecular flexibility index (Phi) is 4.27. The van der Waals surface area contributed by atoms with Crippen molar-refractivity contribution in [2.24, 2.45) is 0 Å². The van der Waals surface area contributed by atoms with Crippen LogP contribution in [0.15, 0.2) is 48.8 Å². The third kappa shape index (κ3) is 3.05. The van der Waals surface area contributed by atoms with Crippen molar-refractivity contribution in [1.29, 1.82) is 0 Å². The topological polar surface area (TPSA) is 52.0 Å². The van der Waals surface area contributed by atoms with Crippen LogP contribution in [0.5, 0.6) is 5.75 Å². The standard InChI is InChI=1S/C18H16Cl2N4O/c1-25-13-5-2-11(3-6-13)16-9-17(24-18(23-16)21-10-22-24)14-7-4-12(19)8-15(14)20/h2-8,10,16-17H,9H2,1H3,(H,21,22,23)/t16-,17+/m1/s1. The van der Waals surface area contributed by atoms with Gasteiger partial charge in [-0.15, -0.1) is 0 Å². The maximum Gasteiger partial charge on any atom is 0.222 e. The number of benzene rings is 2. The molecule has 1 aliphatic heterocycles. The normalized spacial score (nSPS) is 19.2. The van der Waals surface area contributed by atoms with Crippen molar-refractivity contribution < 1.29 is 4.74 Å². The Balaban J connectivity index is 1.72. The van der Waals surface area contributed by atoms with Crippen LogP contribution in [0.1, 0.15) is 29.6 Å². The lowest BCUT2D eigenvalue weighted by atomic mass is 9.93.